The van der Waals surface area contributed by atoms with Crippen LogP contribution in [0, 0.1) is 11.8 Å². The van der Waals surface area contributed by atoms with E-state index in [9.17, 15) is 28.8 Å². The molecule has 1 aliphatic rings. The minimum absolute atomic E-state index is 0.0309. The quantitative estimate of drug-likeness (QED) is 0.258. The van der Waals surface area contributed by atoms with Gasteiger partial charge in [0.1, 0.15) is 15.6 Å². The number of carbonyl (C=O) groups excluding carboxylic acids is 6. The Morgan fingerprint density at radius 3 is 2.05 bits per heavy atom. The van der Waals surface area contributed by atoms with Crippen molar-refractivity contribution in [2.45, 2.75) is 59.6 Å². The molecule has 37 heavy (non-hydrogen) atoms. The zero-order valence-corrected chi connectivity index (χ0v) is 24.2. The predicted molar refractivity (Wildman–Crippen MR) is 142 cm³/mol. The summed E-state index contributed by atoms with van der Waals surface area (Å²) in [5.41, 5.74) is 1.43. The Bertz CT molecular complexity index is 1120. The van der Waals surface area contributed by atoms with Gasteiger partial charge in [-0.2, -0.15) is 0 Å². The highest BCUT2D eigenvalue weighted by Crippen LogP contribution is 2.29. The number of amides is 3. The van der Waals surface area contributed by atoms with Crippen molar-refractivity contribution in [3.63, 3.8) is 0 Å². The van der Waals surface area contributed by atoms with Gasteiger partial charge in [-0.25, -0.2) is 0 Å². The standard InChI is InChI=1S/C26H30Br2N2O7/c1-5-21(33)37-13-17-8-6-16(7-9-17)10-20(32)15(4)29-24(34)19(14(2)3)11-18(31)12-30-25(35)22(27)23(28)26(30)36/h6-9,14-15,19H,5,10-13H2,1-4H3,(H,29,34)/t15-,19-/m0/s1/i5T/t5?,15-,19-. The molecule has 0 aromatic heterocycles. The van der Waals surface area contributed by atoms with Crippen LogP contribution in [0.25, 0.3) is 0 Å². The molecule has 0 saturated carbocycles. The van der Waals surface area contributed by atoms with E-state index in [-0.39, 0.29) is 40.1 Å². The highest BCUT2D eigenvalue weighted by atomic mass is 79.9. The molecule has 9 nitrogen and oxygen atoms in total. The number of nitrogens with one attached hydrogen (secondary N) is 1. The van der Waals surface area contributed by atoms with Crippen molar-refractivity contribution in [1.29, 1.82) is 0 Å². The van der Waals surface area contributed by atoms with Crippen LogP contribution in [0.15, 0.2) is 33.2 Å². The second-order valence-electron chi connectivity index (χ2n) is 9.00. The largest absolute Gasteiger partial charge is 0.461 e. The molecule has 0 aliphatic carbocycles. The molecule has 2 rings (SSSR count). The maximum atomic E-state index is 12.9. The summed E-state index contributed by atoms with van der Waals surface area (Å²) < 4.78 is 12.4. The molecule has 1 aromatic carbocycles. The van der Waals surface area contributed by atoms with Crippen LogP contribution >= 0.6 is 31.9 Å². The average molecular weight is 644 g/mol. The Kier molecular flexibility index (Phi) is 10.7. The number of hydrogen-bond donors (Lipinski definition) is 1. The SMILES string of the molecule is [3H]C(C)C(=O)OCc1ccc(CC(=O)[C@H](C)NC(=O)[C@@H](CC(=O)CN2C(=O)C(Br)=C(Br)C2=O)C(C)C)cc1. The fourth-order valence-electron chi connectivity index (χ4n) is 3.52. The van der Waals surface area contributed by atoms with Gasteiger partial charge in [-0.05, 0) is 55.8 Å². The van der Waals surface area contributed by atoms with Gasteiger partial charge in [0.15, 0.2) is 11.6 Å². The van der Waals surface area contributed by atoms with Crippen molar-refractivity contribution in [3.8, 4) is 0 Å². The number of carbonyl (C=O) groups is 6. The number of esters is 1. The van der Waals surface area contributed by atoms with Gasteiger partial charge in [-0.15, -0.1) is 0 Å². The van der Waals surface area contributed by atoms with E-state index in [1.54, 1.807) is 45.0 Å². The maximum Gasteiger partial charge on any atom is 0.305 e. The van der Waals surface area contributed by atoms with E-state index in [0.29, 0.717) is 11.1 Å². The van der Waals surface area contributed by atoms with Gasteiger partial charge in [0.05, 0.1) is 12.6 Å². The minimum Gasteiger partial charge on any atom is -0.461 e. The van der Waals surface area contributed by atoms with Crippen molar-refractivity contribution >= 4 is 67.1 Å². The molecule has 200 valence electrons. The first-order chi connectivity index (χ1) is 17.7. The number of rotatable bonds is 13. The summed E-state index contributed by atoms with van der Waals surface area (Å²) in [6, 6.07) is 6.08. The molecule has 11 heteroatoms. The molecule has 1 unspecified atom stereocenters. The van der Waals surface area contributed by atoms with E-state index in [2.05, 4.69) is 37.2 Å². The van der Waals surface area contributed by atoms with E-state index in [4.69, 9.17) is 6.11 Å². The van der Waals surface area contributed by atoms with Crippen molar-refractivity contribution < 1.29 is 34.9 Å². The number of ether oxygens (including phenoxy) is 1. The molecule has 0 bridgehead atoms. The lowest BCUT2D eigenvalue weighted by molar-refractivity contribution is -0.144. The first kappa shape index (κ1) is 28.9. The predicted octanol–water partition coefficient (Wildman–Crippen LogP) is 3.36. The van der Waals surface area contributed by atoms with E-state index < -0.39 is 54.4 Å². The second kappa shape index (κ2) is 13.8. The summed E-state index contributed by atoms with van der Waals surface area (Å²) in [6.45, 7) is 6.11. The van der Waals surface area contributed by atoms with E-state index in [1.165, 1.54) is 6.92 Å². The van der Waals surface area contributed by atoms with Crippen LogP contribution in [0.3, 0.4) is 0 Å². The molecule has 1 aliphatic heterocycles. The molecular formula is C26H30Br2N2O7. The minimum atomic E-state index is -0.961. The van der Waals surface area contributed by atoms with Crippen molar-refractivity contribution in [2.75, 3.05) is 6.54 Å². The summed E-state index contributed by atoms with van der Waals surface area (Å²) in [6.07, 6.45) is -1.09. The lowest BCUT2D eigenvalue weighted by Crippen LogP contribution is -2.45. The van der Waals surface area contributed by atoms with E-state index >= 15 is 0 Å². The Morgan fingerprint density at radius 2 is 1.54 bits per heavy atom. The molecule has 3 atom stereocenters. The zero-order valence-electron chi connectivity index (χ0n) is 22.0. The number of hydrogen-bond acceptors (Lipinski definition) is 7. The first-order valence-electron chi connectivity index (χ1n) is 12.2. The summed E-state index contributed by atoms with van der Waals surface area (Å²) in [5.74, 6) is -4.01. The van der Waals surface area contributed by atoms with Gasteiger partial charge in [-0.1, -0.05) is 45.0 Å². The Morgan fingerprint density at radius 1 is 1.00 bits per heavy atom. The van der Waals surface area contributed by atoms with Crippen molar-refractivity contribution in [2.24, 2.45) is 11.8 Å². The Labute approximate surface area is 234 Å². The van der Waals surface area contributed by atoms with Crippen LogP contribution in [0.4, 0.5) is 0 Å². The number of Topliss-reactive ketones (excluding diaryl/α,β-unsaturated/α-hetero) is 2. The number of imide groups is 1. The van der Waals surface area contributed by atoms with Crippen molar-refractivity contribution in [3.05, 3.63) is 44.4 Å². The second-order valence-corrected chi connectivity index (χ2v) is 10.6. The maximum absolute atomic E-state index is 12.9. The highest BCUT2D eigenvalue weighted by molar-refractivity contribution is 9.14. The third-order valence-electron chi connectivity index (χ3n) is 5.84. The molecule has 1 N–H and O–H groups in total. The number of halogens is 2. The zero-order chi connectivity index (χ0) is 28.7. The summed E-state index contributed by atoms with van der Waals surface area (Å²) in [7, 11) is 0. The van der Waals surface area contributed by atoms with Crippen LogP contribution in [-0.2, 0) is 46.5 Å². The normalized spacial score (nSPS) is 16.4. The molecular weight excluding hydrogens is 612 g/mol. The summed E-state index contributed by atoms with van der Waals surface area (Å²) in [5, 5.41) is 2.68. The fraction of sp³-hybridized carbons (Fsp3) is 0.462. The lowest BCUT2D eigenvalue weighted by atomic mass is 9.89. The third kappa shape index (κ3) is 8.43. The summed E-state index contributed by atoms with van der Waals surface area (Å²) in [4.78, 5) is 74.9. The summed E-state index contributed by atoms with van der Waals surface area (Å²) >= 11 is 6.02. The van der Waals surface area contributed by atoms with Gasteiger partial charge in [0.2, 0.25) is 5.91 Å². The molecule has 1 aromatic rings. The van der Waals surface area contributed by atoms with Crippen molar-refractivity contribution in [1.82, 2.24) is 10.2 Å². The monoisotopic (exact) mass is 642 g/mol. The van der Waals surface area contributed by atoms with Crippen LogP contribution in [0.5, 0.6) is 0 Å². The van der Waals surface area contributed by atoms with Crippen LogP contribution in [0.1, 0.15) is 53.0 Å². The van der Waals surface area contributed by atoms with Gasteiger partial charge >= 0.3 is 5.97 Å². The van der Waals surface area contributed by atoms with Crippen LogP contribution in [0.2, 0.25) is 0 Å². The smallest absolute Gasteiger partial charge is 0.305 e. The van der Waals surface area contributed by atoms with Crippen LogP contribution < -0.4 is 5.32 Å². The first-order valence-corrected chi connectivity index (χ1v) is 13.2. The van der Waals surface area contributed by atoms with Gasteiger partial charge in [0, 0.05) is 26.5 Å². The molecule has 0 spiro atoms. The average Bonchev–Trinajstić information content (AvgIpc) is 3.04. The molecule has 0 saturated heterocycles. The van der Waals surface area contributed by atoms with E-state index in [1.807, 2.05) is 0 Å². The Balaban J connectivity index is 1.91. The highest BCUT2D eigenvalue weighted by Gasteiger charge is 2.38. The molecule has 3 amide bonds. The number of ketones is 2. The Hall–Kier alpha value is -2.66. The van der Waals surface area contributed by atoms with E-state index in [0.717, 1.165) is 4.90 Å². The molecule has 0 radical (unpaired) electrons. The topological polar surface area (TPSA) is 127 Å². The molecule has 1 heterocycles. The van der Waals surface area contributed by atoms with Gasteiger partial charge < -0.3 is 10.1 Å². The van der Waals surface area contributed by atoms with Gasteiger partial charge in [-0.3, -0.25) is 33.7 Å². The number of nitrogens with zero attached hydrogens (tertiary/aromatic N) is 1. The third-order valence-corrected chi connectivity index (χ3v) is 7.85. The fourth-order valence-corrected chi connectivity index (χ4v) is 4.29. The molecule has 0 fully saturated rings. The number of benzene rings is 1. The van der Waals surface area contributed by atoms with Gasteiger partial charge in [0.25, 0.3) is 11.8 Å². The van der Waals surface area contributed by atoms with Crippen LogP contribution in [-0.4, -0.2) is 52.7 Å². The lowest BCUT2D eigenvalue weighted by Gasteiger charge is -2.23.